The Morgan fingerprint density at radius 2 is 1.00 bits per heavy atom. The summed E-state index contributed by atoms with van der Waals surface area (Å²) < 4.78 is 44.1. The quantitative estimate of drug-likeness (QED) is 0.0179. The minimum absolute atomic E-state index is 0. The molecule has 0 saturated heterocycles. The fraction of sp³-hybridized carbons (Fsp3) is 0.586. The van der Waals surface area contributed by atoms with Crippen LogP contribution >= 0.6 is 35.1 Å². The molecular weight excluding hydrogens is 1280 g/mol. The van der Waals surface area contributed by atoms with Crippen molar-refractivity contribution >= 4 is 64.1 Å². The topological polar surface area (TPSA) is 163 Å². The summed E-state index contributed by atoms with van der Waals surface area (Å²) in [5.41, 5.74) is 6.18. The molecule has 18 heteroatoms. The van der Waals surface area contributed by atoms with Gasteiger partial charge in [-0.05, 0) is 87.6 Å². The molecule has 10 rings (SSSR count). The maximum atomic E-state index is 13.2. The van der Waals surface area contributed by atoms with E-state index in [0.29, 0.717) is 46.8 Å². The largest absolute Gasteiger partial charge is 1.00 e. The molecule has 5 aliphatic rings. The molecule has 0 N–H and O–H groups in total. The Morgan fingerprint density at radius 1 is 0.580 bits per heavy atom. The van der Waals surface area contributed by atoms with Crippen molar-refractivity contribution in [3.8, 4) is 11.8 Å². The average molecular weight is 1380 g/mol. The van der Waals surface area contributed by atoms with Crippen LogP contribution in [0.4, 0.5) is 0 Å². The zero-order valence-electron chi connectivity index (χ0n) is 52.6. The van der Waals surface area contributed by atoms with E-state index in [4.69, 9.17) is 30.5 Å². The molecule has 5 aromatic rings. The predicted molar refractivity (Wildman–Crippen MR) is 346 cm³/mol. The molecule has 88 heavy (non-hydrogen) atoms. The first-order valence-corrected chi connectivity index (χ1v) is 34.6. The van der Waals surface area contributed by atoms with Crippen LogP contribution in [0.5, 0.6) is 11.8 Å². The SMILES string of the molecule is CCCCCCOc1nsnc1C1=CCC[N+](C)(C(OC(=O)C2CCCCC2)c2ccccc2)C1.CCCCCCOc1nsnc1C1=CCC[N+](C)(C(OC(=O)C2CCCCC2)c2ccccc2)C1.O=C([O-])C1(Cc2ccccc2)CCCCC1Cl.[I-]. The summed E-state index contributed by atoms with van der Waals surface area (Å²) in [6.45, 7) is 8.99. The second kappa shape index (κ2) is 36.3. The standard InChI is InChI=1S/2C28H40N3O3S.C14H17ClO2.HI/c2*1-3-4-5-12-20-33-26-25(29-35-30-26)24-18-13-19-31(2,21-24)27(22-14-8-6-9-15-22)34-28(32)23-16-10-7-11-17-23;15-12-8-4-5-9-14(12,13(16)17)10-11-6-2-1-3-7-11;/h2*6,8-9,14-15,18,23,27H,3-5,7,10-13,16-17,19-21H2,1-2H3;1-3,6-7,12H,4-5,8-10H2,(H,16,17);1H/q2*+1;;/p-2. The molecule has 2 aliphatic heterocycles. The van der Waals surface area contributed by atoms with E-state index in [9.17, 15) is 19.5 Å². The van der Waals surface area contributed by atoms with Crippen LogP contribution in [0.1, 0.15) is 208 Å². The number of hydrogen-bond donors (Lipinski definition) is 0. The van der Waals surface area contributed by atoms with Gasteiger partial charge in [-0.15, -0.1) is 20.3 Å². The van der Waals surface area contributed by atoms with E-state index in [1.807, 2.05) is 66.7 Å². The summed E-state index contributed by atoms with van der Waals surface area (Å²) in [7, 11) is 4.40. The third kappa shape index (κ3) is 19.9. The van der Waals surface area contributed by atoms with Crippen LogP contribution in [0.3, 0.4) is 0 Å². The number of hydrogen-bond acceptors (Lipinski definition) is 14. The van der Waals surface area contributed by atoms with Crippen molar-refractivity contribution in [3.63, 3.8) is 0 Å². The average Bonchev–Trinajstić information content (AvgIpc) is 1.77. The minimum atomic E-state index is -0.999. The smallest absolute Gasteiger partial charge is 0.313 e. The Kier molecular flexibility index (Phi) is 29.2. The normalized spacial score (nSPS) is 22.9. The first-order chi connectivity index (χ1) is 42.4. The number of ether oxygens (including phenoxy) is 4. The van der Waals surface area contributed by atoms with Crippen molar-refractivity contribution in [1.29, 1.82) is 0 Å². The number of alkyl halides is 1. The monoisotopic (exact) mass is 1370 g/mol. The number of carboxylic acids is 1. The number of halogens is 2. The molecule has 6 atom stereocenters. The number of aromatic nitrogens is 4. The first kappa shape index (κ1) is 70.7. The number of rotatable bonds is 25. The van der Waals surface area contributed by atoms with E-state index >= 15 is 0 Å². The van der Waals surface area contributed by atoms with Gasteiger partial charge >= 0.3 is 11.9 Å². The molecule has 6 unspecified atom stereocenters. The molecule has 3 aliphatic carbocycles. The Bertz CT molecular complexity index is 2780. The summed E-state index contributed by atoms with van der Waals surface area (Å²) in [6, 6.07) is 30.1. The predicted octanol–water partition coefficient (Wildman–Crippen LogP) is 12.3. The maximum Gasteiger partial charge on any atom is 0.313 e. The van der Waals surface area contributed by atoms with Gasteiger partial charge in [0.2, 0.25) is 0 Å². The number of carboxylic acid groups (broad SMARTS) is 1. The lowest BCUT2D eigenvalue weighted by Crippen LogP contribution is -3.00. The molecule has 0 bridgehead atoms. The van der Waals surface area contributed by atoms with E-state index in [0.717, 1.165) is 162 Å². The van der Waals surface area contributed by atoms with Gasteiger partial charge in [-0.2, -0.15) is 8.75 Å². The first-order valence-electron chi connectivity index (χ1n) is 32.7. The third-order valence-corrected chi connectivity index (χ3v) is 20.1. The second-order valence-electron chi connectivity index (χ2n) is 25.3. The van der Waals surface area contributed by atoms with Gasteiger partial charge in [0.05, 0.1) is 86.8 Å². The summed E-state index contributed by atoms with van der Waals surface area (Å²) in [4.78, 5) is 38.0. The fourth-order valence-corrected chi connectivity index (χ4v) is 14.8. The van der Waals surface area contributed by atoms with Gasteiger partial charge < -0.3 is 52.8 Å². The molecule has 3 fully saturated rings. The summed E-state index contributed by atoms with van der Waals surface area (Å²) >= 11 is 8.67. The molecule has 3 saturated carbocycles. The van der Waals surface area contributed by atoms with E-state index < -0.39 is 11.4 Å². The van der Waals surface area contributed by atoms with Crippen molar-refractivity contribution < 1.29 is 71.4 Å². The van der Waals surface area contributed by atoms with Gasteiger partial charge in [-0.3, -0.25) is 18.6 Å². The van der Waals surface area contributed by atoms with Crippen LogP contribution in [0.15, 0.2) is 103 Å². The second-order valence-corrected chi connectivity index (χ2v) is 26.9. The molecule has 0 amide bonds. The third-order valence-electron chi connectivity index (χ3n) is 18.5. The summed E-state index contributed by atoms with van der Waals surface area (Å²) in [5.74, 6) is 0.249. The fourth-order valence-electron chi connectivity index (χ4n) is 13.3. The minimum Gasteiger partial charge on any atom is -1.00 e. The molecule has 2 aromatic heterocycles. The van der Waals surface area contributed by atoms with Crippen molar-refractivity contribution in [1.82, 2.24) is 17.5 Å². The number of carbonyl (C=O) groups is 3. The Morgan fingerprint density at radius 3 is 1.41 bits per heavy atom. The van der Waals surface area contributed by atoms with Crippen molar-refractivity contribution in [2.45, 2.75) is 192 Å². The lowest BCUT2D eigenvalue weighted by molar-refractivity contribution is -0.953. The van der Waals surface area contributed by atoms with Crippen LogP contribution in [-0.2, 0) is 30.3 Å². The van der Waals surface area contributed by atoms with Crippen LogP contribution in [0, 0.1) is 17.3 Å². The lowest BCUT2D eigenvalue weighted by atomic mass is 9.70. The number of quaternary nitrogens is 2. The van der Waals surface area contributed by atoms with Crippen LogP contribution in [0.25, 0.3) is 11.1 Å². The van der Waals surface area contributed by atoms with Gasteiger partial charge in [0.1, 0.15) is 24.5 Å². The van der Waals surface area contributed by atoms with Gasteiger partial charge in [-0.1, -0.05) is 183 Å². The van der Waals surface area contributed by atoms with Gasteiger partial charge in [0.15, 0.2) is 0 Å². The number of nitrogens with zero attached hydrogens (tertiary/aromatic N) is 6. The van der Waals surface area contributed by atoms with Gasteiger partial charge in [0, 0.05) is 40.7 Å². The van der Waals surface area contributed by atoms with E-state index in [2.05, 4.69) is 81.9 Å². The number of benzene rings is 3. The highest BCUT2D eigenvalue weighted by atomic mass is 127. The molecule has 480 valence electrons. The maximum absolute atomic E-state index is 13.2. The van der Waals surface area contributed by atoms with Crippen LogP contribution in [-0.4, -0.2) is 103 Å². The van der Waals surface area contributed by atoms with Gasteiger partial charge in [-0.25, -0.2) is 0 Å². The van der Waals surface area contributed by atoms with Gasteiger partial charge in [0.25, 0.3) is 24.2 Å². The molecule has 3 aromatic carbocycles. The van der Waals surface area contributed by atoms with Crippen molar-refractivity contribution in [2.24, 2.45) is 17.3 Å². The Labute approximate surface area is 555 Å². The Balaban J connectivity index is 0.000000198. The summed E-state index contributed by atoms with van der Waals surface area (Å²) in [6.07, 6.45) is 29.4. The summed E-state index contributed by atoms with van der Waals surface area (Å²) in [5, 5.41) is 11.2. The highest BCUT2D eigenvalue weighted by Crippen LogP contribution is 2.44. The number of aliphatic carboxylic acids is 1. The molecule has 0 radical (unpaired) electrons. The van der Waals surface area contributed by atoms with Crippen molar-refractivity contribution in [2.75, 3.05) is 53.5 Å². The van der Waals surface area contributed by atoms with Crippen molar-refractivity contribution in [3.05, 3.63) is 131 Å². The molecule has 14 nitrogen and oxygen atoms in total. The molecular formula is C70H96ClIN6O8S2. The zero-order chi connectivity index (χ0) is 61.3. The van der Waals surface area contributed by atoms with E-state index in [-0.39, 0.29) is 65.6 Å². The number of likely N-dealkylation sites (N-methyl/N-ethyl adjacent to an activating group) is 2. The molecule has 0 spiro atoms. The molecule has 4 heterocycles. The number of carbonyl (C=O) groups excluding carboxylic acids is 3. The highest BCUT2D eigenvalue weighted by Gasteiger charge is 2.44. The van der Waals surface area contributed by atoms with E-state index in [1.165, 1.54) is 74.8 Å². The van der Waals surface area contributed by atoms with Crippen LogP contribution in [0.2, 0.25) is 0 Å². The van der Waals surface area contributed by atoms with E-state index in [1.54, 1.807) is 0 Å². The number of unbranched alkanes of at least 4 members (excludes halogenated alkanes) is 6. The van der Waals surface area contributed by atoms with Crippen LogP contribution < -0.4 is 38.6 Å². The number of esters is 2. The Hall–Kier alpha value is -4.79. The highest BCUT2D eigenvalue weighted by molar-refractivity contribution is 6.99. The lowest BCUT2D eigenvalue weighted by Gasteiger charge is -2.43. The zero-order valence-corrected chi connectivity index (χ0v) is 57.2.